The van der Waals surface area contributed by atoms with E-state index in [1.54, 1.807) is 0 Å². The van der Waals surface area contributed by atoms with E-state index in [0.717, 1.165) is 52.1 Å². The summed E-state index contributed by atoms with van der Waals surface area (Å²) in [5.41, 5.74) is 3.08. The minimum atomic E-state index is 0.209. The zero-order valence-corrected chi connectivity index (χ0v) is 15.1. The molecule has 6 heteroatoms. The lowest BCUT2D eigenvalue weighted by molar-refractivity contribution is -0.427. The Balaban J connectivity index is 1.28. The quantitative estimate of drug-likeness (QED) is 0.726. The van der Waals surface area contributed by atoms with Crippen LogP contribution in [0.2, 0.25) is 0 Å². The highest BCUT2D eigenvalue weighted by molar-refractivity contribution is 5.80. The fourth-order valence-electron chi connectivity index (χ4n) is 7.29. The topological polar surface area (TPSA) is 69.6 Å². The van der Waals surface area contributed by atoms with Crippen LogP contribution in [-0.4, -0.2) is 25.1 Å². The first-order valence-corrected chi connectivity index (χ1v) is 9.82. The summed E-state index contributed by atoms with van der Waals surface area (Å²) in [6.07, 6.45) is 1.39. The first kappa shape index (κ1) is 13.9. The molecular formula is C20H21N5O. The van der Waals surface area contributed by atoms with Gasteiger partial charge in [0.05, 0.1) is 10.9 Å². The molecule has 0 bridgehead atoms. The molecule has 1 aromatic carbocycles. The molecule has 3 aromatic rings. The van der Waals surface area contributed by atoms with Crippen molar-refractivity contribution >= 4 is 11.0 Å². The van der Waals surface area contributed by atoms with Crippen molar-refractivity contribution in [3.8, 4) is 11.4 Å². The van der Waals surface area contributed by atoms with Crippen LogP contribution in [0.3, 0.4) is 0 Å². The minimum absolute atomic E-state index is 0.209. The highest BCUT2D eigenvalue weighted by atomic mass is 16.5. The molecule has 0 saturated heterocycles. The van der Waals surface area contributed by atoms with Crippen molar-refractivity contribution in [2.24, 2.45) is 35.5 Å². The molecule has 132 valence electrons. The van der Waals surface area contributed by atoms with Crippen LogP contribution in [-0.2, 0) is 5.41 Å². The first-order chi connectivity index (χ1) is 12.6. The maximum absolute atomic E-state index is 5.84. The van der Waals surface area contributed by atoms with E-state index in [1.165, 1.54) is 6.42 Å². The van der Waals surface area contributed by atoms with Crippen LogP contribution in [0.5, 0.6) is 0 Å². The second-order valence-electron chi connectivity index (χ2n) is 9.16. The molecule has 26 heavy (non-hydrogen) atoms. The number of nitrogens with zero attached hydrogens (tertiary/aromatic N) is 5. The van der Waals surface area contributed by atoms with Gasteiger partial charge in [0.25, 0.3) is 0 Å². The number of rotatable bonds is 3. The zero-order chi connectivity index (χ0) is 17.4. The average molecular weight is 347 g/mol. The molecule has 0 N–H and O–H groups in total. The van der Waals surface area contributed by atoms with E-state index in [9.17, 15) is 0 Å². The lowest BCUT2D eigenvalue weighted by Crippen LogP contribution is -2.91. The Hall–Kier alpha value is -2.24. The summed E-state index contributed by atoms with van der Waals surface area (Å²) in [6.45, 7) is 6.62. The number of hydrogen-bond donors (Lipinski definition) is 0. The Labute approximate surface area is 151 Å². The van der Waals surface area contributed by atoms with Crippen molar-refractivity contribution in [1.82, 2.24) is 25.1 Å². The van der Waals surface area contributed by atoms with Crippen LogP contribution in [0.15, 0.2) is 22.7 Å². The summed E-state index contributed by atoms with van der Waals surface area (Å²) in [7, 11) is 0. The SMILES string of the molecule is CC(C)n1nnc2cc(-c3noc(C45C(C)C6C7CC4C7C65)n3)ccc21. The molecule has 0 radical (unpaired) electrons. The molecule has 6 nitrogen and oxygen atoms in total. The zero-order valence-electron chi connectivity index (χ0n) is 15.1. The third-order valence-electron chi connectivity index (χ3n) is 8.32. The lowest BCUT2D eigenvalue weighted by Gasteiger charge is -2.91. The lowest BCUT2D eigenvalue weighted by atomic mass is 9.11. The summed E-state index contributed by atoms with van der Waals surface area (Å²) < 4.78 is 7.77. The molecule has 0 amide bonds. The third kappa shape index (κ3) is 1.19. The van der Waals surface area contributed by atoms with Crippen molar-refractivity contribution in [1.29, 1.82) is 0 Å². The van der Waals surface area contributed by atoms with E-state index >= 15 is 0 Å². The summed E-state index contributed by atoms with van der Waals surface area (Å²) in [6, 6.07) is 6.42. The van der Waals surface area contributed by atoms with Crippen LogP contribution >= 0.6 is 0 Å². The molecule has 7 atom stereocenters. The van der Waals surface area contributed by atoms with Gasteiger partial charge in [-0.05, 0) is 74.0 Å². The van der Waals surface area contributed by atoms with E-state index in [1.807, 2.05) is 10.7 Å². The molecule has 7 rings (SSSR count). The third-order valence-corrected chi connectivity index (χ3v) is 8.32. The molecule has 0 spiro atoms. The molecule has 4 fully saturated rings. The summed E-state index contributed by atoms with van der Waals surface area (Å²) in [4.78, 5) is 4.87. The summed E-state index contributed by atoms with van der Waals surface area (Å²) in [5, 5.41) is 12.9. The van der Waals surface area contributed by atoms with E-state index in [-0.39, 0.29) is 11.5 Å². The van der Waals surface area contributed by atoms with Crippen molar-refractivity contribution in [3.05, 3.63) is 24.1 Å². The highest BCUT2D eigenvalue weighted by Gasteiger charge is 2.91. The van der Waals surface area contributed by atoms with Gasteiger partial charge in [-0.3, -0.25) is 0 Å². The molecule has 2 heterocycles. The van der Waals surface area contributed by atoms with Gasteiger partial charge in [-0.2, -0.15) is 4.98 Å². The Morgan fingerprint density at radius 2 is 2.15 bits per heavy atom. The summed E-state index contributed by atoms with van der Waals surface area (Å²) >= 11 is 0. The summed E-state index contributed by atoms with van der Waals surface area (Å²) in [5.74, 6) is 6.87. The Morgan fingerprint density at radius 3 is 2.88 bits per heavy atom. The highest BCUT2D eigenvalue weighted by Crippen LogP contribution is 2.91. The smallest absolute Gasteiger partial charge is 0.234 e. The predicted octanol–water partition coefficient (Wildman–Crippen LogP) is 3.46. The molecule has 2 aromatic heterocycles. The van der Waals surface area contributed by atoms with Crippen molar-refractivity contribution in [2.45, 2.75) is 38.6 Å². The Morgan fingerprint density at radius 1 is 1.27 bits per heavy atom. The Kier molecular flexibility index (Phi) is 2.15. The van der Waals surface area contributed by atoms with Gasteiger partial charge in [-0.25, -0.2) is 4.68 Å². The van der Waals surface area contributed by atoms with Gasteiger partial charge in [0.15, 0.2) is 0 Å². The predicted molar refractivity (Wildman–Crippen MR) is 94.1 cm³/mol. The van der Waals surface area contributed by atoms with Gasteiger partial charge in [0.1, 0.15) is 5.52 Å². The molecular weight excluding hydrogens is 326 g/mol. The molecule has 7 unspecified atom stereocenters. The monoisotopic (exact) mass is 347 g/mol. The second kappa shape index (κ2) is 4.02. The fraction of sp³-hybridized carbons (Fsp3) is 0.600. The van der Waals surface area contributed by atoms with E-state index in [0.29, 0.717) is 11.7 Å². The van der Waals surface area contributed by atoms with Crippen LogP contribution in [0.4, 0.5) is 0 Å². The van der Waals surface area contributed by atoms with Gasteiger partial charge < -0.3 is 4.52 Å². The largest absolute Gasteiger partial charge is 0.338 e. The number of hydrogen-bond acceptors (Lipinski definition) is 5. The van der Waals surface area contributed by atoms with Gasteiger partial charge >= 0.3 is 0 Å². The standard InChI is InChI=1S/C20H21N5O/c1-8(2)25-14-5-4-10(6-13(14)22-24-25)18-21-19(26-23-18)20-9(3)15-11-7-12(20)16(11)17(15)20/h4-6,8-9,11-12,15-17H,7H2,1-3H3. The maximum Gasteiger partial charge on any atom is 0.234 e. The normalized spacial score (nSPS) is 41.2. The van der Waals surface area contributed by atoms with E-state index < -0.39 is 0 Å². The van der Waals surface area contributed by atoms with Crippen molar-refractivity contribution in [3.63, 3.8) is 0 Å². The van der Waals surface area contributed by atoms with Gasteiger partial charge in [-0.1, -0.05) is 17.3 Å². The average Bonchev–Trinajstić information content (AvgIpc) is 3.27. The van der Waals surface area contributed by atoms with E-state index in [4.69, 9.17) is 9.51 Å². The maximum atomic E-state index is 5.84. The molecule has 4 saturated carbocycles. The van der Waals surface area contributed by atoms with E-state index in [2.05, 4.69) is 48.4 Å². The van der Waals surface area contributed by atoms with Crippen LogP contribution in [0.25, 0.3) is 22.4 Å². The Bertz CT molecular complexity index is 1070. The van der Waals surface area contributed by atoms with Gasteiger partial charge in [0.2, 0.25) is 11.7 Å². The molecule has 4 aliphatic carbocycles. The van der Waals surface area contributed by atoms with Crippen LogP contribution in [0.1, 0.15) is 39.1 Å². The first-order valence-electron chi connectivity index (χ1n) is 9.82. The van der Waals surface area contributed by atoms with Gasteiger partial charge in [0, 0.05) is 11.6 Å². The van der Waals surface area contributed by atoms with Crippen LogP contribution < -0.4 is 0 Å². The van der Waals surface area contributed by atoms with Crippen LogP contribution in [0, 0.1) is 35.5 Å². The van der Waals surface area contributed by atoms with Crippen molar-refractivity contribution < 1.29 is 4.52 Å². The van der Waals surface area contributed by atoms with Gasteiger partial charge in [-0.15, -0.1) is 5.10 Å². The fourth-order valence-corrected chi connectivity index (χ4v) is 7.29. The second-order valence-corrected chi connectivity index (χ2v) is 9.16. The number of fused-ring (bicyclic) bond motifs is 3. The van der Waals surface area contributed by atoms with Crippen molar-refractivity contribution in [2.75, 3.05) is 0 Å². The molecule has 4 aliphatic rings. The number of benzene rings is 1. The molecule has 0 aliphatic heterocycles. The number of aromatic nitrogens is 5. The minimum Gasteiger partial charge on any atom is -0.338 e.